The average molecular weight is 332 g/mol. The Morgan fingerprint density at radius 1 is 1.33 bits per heavy atom. The summed E-state index contributed by atoms with van der Waals surface area (Å²) in [7, 11) is 3.55. The van der Waals surface area contributed by atoms with Gasteiger partial charge >= 0.3 is 0 Å². The standard InChI is InChI=1S/C18H28N4O2/c1-18(2)7-5-13(6-8-18)9-17(23)22-10-14(16(12-22)24-4)15-11-21(3)20-19-15/h9,11,14,16H,5-8,10,12H2,1-4H3/t14-,16+/m0/s1. The molecule has 0 radical (unpaired) electrons. The van der Waals surface area contributed by atoms with Crippen molar-refractivity contribution in [1.82, 2.24) is 19.9 Å². The lowest BCUT2D eigenvalue weighted by atomic mass is 9.75. The number of carbonyl (C=O) groups excluding carboxylic acids is 1. The second kappa shape index (κ2) is 6.67. The number of aryl methyl sites for hydroxylation is 1. The van der Waals surface area contributed by atoms with Gasteiger partial charge in [0.2, 0.25) is 5.91 Å². The van der Waals surface area contributed by atoms with Crippen LogP contribution in [0.3, 0.4) is 0 Å². The zero-order chi connectivity index (χ0) is 17.3. The number of rotatable bonds is 3. The lowest BCUT2D eigenvalue weighted by Gasteiger charge is -2.30. The van der Waals surface area contributed by atoms with Crippen molar-refractivity contribution in [3.05, 3.63) is 23.5 Å². The van der Waals surface area contributed by atoms with Gasteiger partial charge in [-0.05, 0) is 31.1 Å². The van der Waals surface area contributed by atoms with Crippen LogP contribution in [0.25, 0.3) is 0 Å². The molecule has 24 heavy (non-hydrogen) atoms. The molecule has 6 nitrogen and oxygen atoms in total. The van der Waals surface area contributed by atoms with Crippen molar-refractivity contribution in [1.29, 1.82) is 0 Å². The number of amides is 1. The third-order valence-electron chi connectivity index (χ3n) is 5.45. The van der Waals surface area contributed by atoms with E-state index in [1.807, 2.05) is 24.2 Å². The Balaban J connectivity index is 1.66. The van der Waals surface area contributed by atoms with Crippen LogP contribution >= 0.6 is 0 Å². The highest BCUT2D eigenvalue weighted by Gasteiger charge is 2.37. The van der Waals surface area contributed by atoms with Crippen LogP contribution in [0.2, 0.25) is 0 Å². The molecule has 1 saturated carbocycles. The second-order valence-electron chi connectivity index (χ2n) is 7.91. The summed E-state index contributed by atoms with van der Waals surface area (Å²) in [4.78, 5) is 14.6. The van der Waals surface area contributed by atoms with Gasteiger partial charge in [-0.2, -0.15) is 0 Å². The Hall–Kier alpha value is -1.69. The molecule has 1 aromatic heterocycles. The number of nitrogens with zero attached hydrogens (tertiary/aromatic N) is 4. The second-order valence-corrected chi connectivity index (χ2v) is 7.91. The fraction of sp³-hybridized carbons (Fsp3) is 0.722. The van der Waals surface area contributed by atoms with Crippen molar-refractivity contribution < 1.29 is 9.53 Å². The largest absolute Gasteiger partial charge is 0.379 e. The molecule has 0 bridgehead atoms. The molecule has 132 valence electrons. The van der Waals surface area contributed by atoms with E-state index in [1.54, 1.807) is 11.8 Å². The minimum atomic E-state index is -0.0191. The van der Waals surface area contributed by atoms with Gasteiger partial charge in [0.15, 0.2) is 0 Å². The summed E-state index contributed by atoms with van der Waals surface area (Å²) < 4.78 is 7.29. The summed E-state index contributed by atoms with van der Waals surface area (Å²) in [5.74, 6) is 0.203. The van der Waals surface area contributed by atoms with Crippen molar-refractivity contribution in [3.63, 3.8) is 0 Å². The molecule has 2 heterocycles. The summed E-state index contributed by atoms with van der Waals surface area (Å²) in [6.45, 7) is 5.87. The summed E-state index contributed by atoms with van der Waals surface area (Å²) in [6, 6.07) is 0. The Kier molecular flexibility index (Phi) is 4.76. The Labute approximate surface area is 143 Å². The molecule has 1 aromatic rings. The van der Waals surface area contributed by atoms with Crippen LogP contribution in [0.1, 0.15) is 51.1 Å². The van der Waals surface area contributed by atoms with Gasteiger partial charge in [-0.1, -0.05) is 24.6 Å². The smallest absolute Gasteiger partial charge is 0.246 e. The maximum Gasteiger partial charge on any atom is 0.246 e. The number of carbonyl (C=O) groups is 1. The molecule has 6 heteroatoms. The van der Waals surface area contributed by atoms with Crippen LogP contribution in [-0.2, 0) is 16.6 Å². The van der Waals surface area contributed by atoms with E-state index in [1.165, 1.54) is 5.57 Å². The van der Waals surface area contributed by atoms with Crippen LogP contribution < -0.4 is 0 Å². The summed E-state index contributed by atoms with van der Waals surface area (Å²) in [5, 5.41) is 8.20. The zero-order valence-corrected chi connectivity index (χ0v) is 15.2. The number of aromatic nitrogens is 3. The van der Waals surface area contributed by atoms with E-state index in [0.29, 0.717) is 18.5 Å². The Bertz CT molecular complexity index is 623. The molecule has 0 spiro atoms. The normalized spacial score (nSPS) is 26.7. The third kappa shape index (κ3) is 3.69. The van der Waals surface area contributed by atoms with Gasteiger partial charge < -0.3 is 9.64 Å². The minimum Gasteiger partial charge on any atom is -0.379 e. The minimum absolute atomic E-state index is 0.0191. The van der Waals surface area contributed by atoms with E-state index in [4.69, 9.17) is 4.74 Å². The van der Waals surface area contributed by atoms with Crippen LogP contribution in [-0.4, -0.2) is 52.1 Å². The Morgan fingerprint density at radius 2 is 2.04 bits per heavy atom. The Morgan fingerprint density at radius 3 is 2.62 bits per heavy atom. The summed E-state index contributed by atoms with van der Waals surface area (Å²) in [6.07, 6.45) is 8.15. The SMILES string of the molecule is CO[C@@H]1CN(C(=O)C=C2CCC(C)(C)CC2)C[C@H]1c1cn(C)nn1. The van der Waals surface area contributed by atoms with Crippen LogP contribution in [0.5, 0.6) is 0 Å². The van der Waals surface area contributed by atoms with E-state index < -0.39 is 0 Å². The number of ether oxygens (including phenoxy) is 1. The van der Waals surface area contributed by atoms with Gasteiger partial charge in [0.25, 0.3) is 0 Å². The van der Waals surface area contributed by atoms with E-state index in [9.17, 15) is 4.79 Å². The first-order chi connectivity index (χ1) is 11.4. The molecule has 0 aromatic carbocycles. The van der Waals surface area contributed by atoms with E-state index in [2.05, 4.69) is 24.2 Å². The first kappa shape index (κ1) is 17.1. The average Bonchev–Trinajstić information content (AvgIpc) is 3.15. The lowest BCUT2D eigenvalue weighted by molar-refractivity contribution is -0.125. The lowest BCUT2D eigenvalue weighted by Crippen LogP contribution is -2.29. The van der Waals surface area contributed by atoms with E-state index in [-0.39, 0.29) is 17.9 Å². The molecular formula is C18H28N4O2. The number of hydrogen-bond acceptors (Lipinski definition) is 4. The fourth-order valence-corrected chi connectivity index (χ4v) is 3.67. The fourth-order valence-electron chi connectivity index (χ4n) is 3.67. The molecule has 0 N–H and O–H groups in total. The van der Waals surface area contributed by atoms with E-state index in [0.717, 1.165) is 31.4 Å². The predicted molar refractivity (Wildman–Crippen MR) is 91.5 cm³/mol. The number of likely N-dealkylation sites (tertiary alicyclic amines) is 1. The van der Waals surface area contributed by atoms with Crippen molar-refractivity contribution in [3.8, 4) is 0 Å². The van der Waals surface area contributed by atoms with Gasteiger partial charge in [-0.3, -0.25) is 9.48 Å². The van der Waals surface area contributed by atoms with Crippen molar-refractivity contribution in [2.45, 2.75) is 51.6 Å². The molecule has 1 aliphatic carbocycles. The molecule has 0 unspecified atom stereocenters. The molecular weight excluding hydrogens is 304 g/mol. The van der Waals surface area contributed by atoms with Gasteiger partial charge in [0, 0.05) is 39.5 Å². The topological polar surface area (TPSA) is 60.2 Å². The molecule has 1 aliphatic heterocycles. The summed E-state index contributed by atoms with van der Waals surface area (Å²) in [5.41, 5.74) is 2.59. The highest BCUT2D eigenvalue weighted by Crippen LogP contribution is 2.37. The monoisotopic (exact) mass is 332 g/mol. The summed E-state index contributed by atoms with van der Waals surface area (Å²) >= 11 is 0. The number of hydrogen-bond donors (Lipinski definition) is 0. The van der Waals surface area contributed by atoms with Gasteiger partial charge in [0.05, 0.1) is 17.7 Å². The molecule has 2 atom stereocenters. The highest BCUT2D eigenvalue weighted by molar-refractivity contribution is 5.88. The zero-order valence-electron chi connectivity index (χ0n) is 15.2. The van der Waals surface area contributed by atoms with Crippen LogP contribution in [0, 0.1) is 5.41 Å². The molecule has 3 rings (SSSR count). The van der Waals surface area contributed by atoms with Gasteiger partial charge in [-0.15, -0.1) is 5.10 Å². The highest BCUT2D eigenvalue weighted by atomic mass is 16.5. The van der Waals surface area contributed by atoms with Crippen molar-refractivity contribution in [2.75, 3.05) is 20.2 Å². The van der Waals surface area contributed by atoms with E-state index >= 15 is 0 Å². The van der Waals surface area contributed by atoms with Crippen molar-refractivity contribution >= 4 is 5.91 Å². The molecule has 2 aliphatic rings. The maximum atomic E-state index is 12.7. The first-order valence-electron chi connectivity index (χ1n) is 8.75. The quantitative estimate of drug-likeness (QED) is 0.797. The van der Waals surface area contributed by atoms with Crippen LogP contribution in [0.4, 0.5) is 0 Å². The first-order valence-corrected chi connectivity index (χ1v) is 8.75. The number of allylic oxidation sites excluding steroid dienone is 1. The molecule has 1 amide bonds. The molecule has 1 saturated heterocycles. The maximum absolute atomic E-state index is 12.7. The van der Waals surface area contributed by atoms with Gasteiger partial charge in [0.1, 0.15) is 0 Å². The van der Waals surface area contributed by atoms with Crippen molar-refractivity contribution in [2.24, 2.45) is 12.5 Å². The third-order valence-corrected chi connectivity index (χ3v) is 5.45. The molecule has 2 fully saturated rings. The van der Waals surface area contributed by atoms with Gasteiger partial charge in [-0.25, -0.2) is 0 Å². The predicted octanol–water partition coefficient (Wildman–Crippen LogP) is 2.28. The van der Waals surface area contributed by atoms with Crippen LogP contribution in [0.15, 0.2) is 17.8 Å². The number of methoxy groups -OCH3 is 1.